The minimum atomic E-state index is -0.294. The fraction of sp³-hybridized carbons (Fsp3) is 0.316. The molecular formula is C19H23NO3. The Kier molecular flexibility index (Phi) is 6.48. The van der Waals surface area contributed by atoms with Crippen LogP contribution in [0.2, 0.25) is 0 Å². The van der Waals surface area contributed by atoms with Gasteiger partial charge in [-0.25, -0.2) is 4.79 Å². The second kappa shape index (κ2) is 8.83. The lowest BCUT2D eigenvalue weighted by atomic mass is 10.1. The summed E-state index contributed by atoms with van der Waals surface area (Å²) in [7, 11) is 0. The Morgan fingerprint density at radius 2 is 1.78 bits per heavy atom. The standard InChI is InChI=1S/C19H23NO3/c1-3-13-23-18-8-6-5-7-16(18)14-20-17-11-9-15(10-12-17)19(21)22-4-2/h5-12,20H,3-4,13-14H2,1-2H3. The van der Waals surface area contributed by atoms with Crippen LogP contribution in [0.5, 0.6) is 5.75 Å². The highest BCUT2D eigenvalue weighted by atomic mass is 16.5. The number of carbonyl (C=O) groups is 1. The van der Waals surface area contributed by atoms with Crippen molar-refractivity contribution in [3.8, 4) is 5.75 Å². The Labute approximate surface area is 137 Å². The first-order chi connectivity index (χ1) is 11.2. The van der Waals surface area contributed by atoms with Crippen molar-refractivity contribution in [2.45, 2.75) is 26.8 Å². The molecule has 0 saturated heterocycles. The zero-order valence-corrected chi connectivity index (χ0v) is 13.7. The van der Waals surface area contributed by atoms with Crippen LogP contribution in [0.3, 0.4) is 0 Å². The monoisotopic (exact) mass is 313 g/mol. The van der Waals surface area contributed by atoms with Crippen molar-refractivity contribution in [1.82, 2.24) is 0 Å². The summed E-state index contributed by atoms with van der Waals surface area (Å²) in [5, 5.41) is 3.34. The molecule has 2 rings (SSSR count). The molecule has 2 aromatic rings. The highest BCUT2D eigenvalue weighted by Gasteiger charge is 2.06. The SMILES string of the molecule is CCCOc1ccccc1CNc1ccc(C(=O)OCC)cc1. The van der Waals surface area contributed by atoms with Crippen LogP contribution >= 0.6 is 0 Å². The van der Waals surface area contributed by atoms with Gasteiger partial charge in [-0.05, 0) is 43.7 Å². The van der Waals surface area contributed by atoms with Crippen molar-refractivity contribution in [2.75, 3.05) is 18.5 Å². The molecule has 1 N–H and O–H groups in total. The molecule has 0 aromatic heterocycles. The van der Waals surface area contributed by atoms with Crippen LogP contribution in [0.25, 0.3) is 0 Å². The lowest BCUT2D eigenvalue weighted by molar-refractivity contribution is 0.0526. The van der Waals surface area contributed by atoms with E-state index in [0.29, 0.717) is 25.3 Å². The number of esters is 1. The molecule has 0 heterocycles. The molecule has 0 saturated carbocycles. The van der Waals surface area contributed by atoms with Crippen LogP contribution in [-0.2, 0) is 11.3 Å². The molecule has 23 heavy (non-hydrogen) atoms. The Balaban J connectivity index is 1.97. The second-order valence-corrected chi connectivity index (χ2v) is 5.11. The summed E-state index contributed by atoms with van der Waals surface area (Å²) in [6.07, 6.45) is 0.983. The molecule has 0 amide bonds. The number of hydrogen-bond acceptors (Lipinski definition) is 4. The van der Waals surface area contributed by atoms with Crippen molar-refractivity contribution in [3.63, 3.8) is 0 Å². The van der Waals surface area contributed by atoms with Gasteiger partial charge in [-0.3, -0.25) is 0 Å². The normalized spacial score (nSPS) is 10.2. The van der Waals surface area contributed by atoms with E-state index in [1.165, 1.54) is 0 Å². The summed E-state index contributed by atoms with van der Waals surface area (Å²) < 4.78 is 10.7. The molecule has 0 bridgehead atoms. The highest BCUT2D eigenvalue weighted by Crippen LogP contribution is 2.20. The topological polar surface area (TPSA) is 47.6 Å². The van der Waals surface area contributed by atoms with Crippen molar-refractivity contribution in [2.24, 2.45) is 0 Å². The minimum absolute atomic E-state index is 0.294. The quantitative estimate of drug-likeness (QED) is 0.740. The van der Waals surface area contributed by atoms with Crippen LogP contribution in [0.15, 0.2) is 48.5 Å². The van der Waals surface area contributed by atoms with Gasteiger partial charge in [-0.2, -0.15) is 0 Å². The summed E-state index contributed by atoms with van der Waals surface area (Å²) in [6, 6.07) is 15.3. The summed E-state index contributed by atoms with van der Waals surface area (Å²) >= 11 is 0. The molecule has 4 heteroatoms. The van der Waals surface area contributed by atoms with E-state index in [4.69, 9.17) is 9.47 Å². The minimum Gasteiger partial charge on any atom is -0.493 e. The second-order valence-electron chi connectivity index (χ2n) is 5.11. The third-order valence-electron chi connectivity index (χ3n) is 3.31. The van der Waals surface area contributed by atoms with E-state index in [1.807, 2.05) is 36.4 Å². The third kappa shape index (κ3) is 5.02. The smallest absolute Gasteiger partial charge is 0.338 e. The highest BCUT2D eigenvalue weighted by molar-refractivity contribution is 5.89. The molecule has 0 unspecified atom stereocenters. The molecule has 0 atom stereocenters. The Hall–Kier alpha value is -2.49. The number of anilines is 1. The molecular weight excluding hydrogens is 290 g/mol. The molecule has 0 aliphatic carbocycles. The van der Waals surface area contributed by atoms with E-state index in [0.717, 1.165) is 23.4 Å². The third-order valence-corrected chi connectivity index (χ3v) is 3.31. The van der Waals surface area contributed by atoms with Gasteiger partial charge in [-0.15, -0.1) is 0 Å². The van der Waals surface area contributed by atoms with E-state index in [1.54, 1.807) is 19.1 Å². The fourth-order valence-corrected chi connectivity index (χ4v) is 2.14. The summed E-state index contributed by atoms with van der Waals surface area (Å²) in [6.45, 7) is 5.65. The Bertz CT molecular complexity index is 623. The van der Waals surface area contributed by atoms with Crippen LogP contribution < -0.4 is 10.1 Å². The molecule has 0 spiro atoms. The lowest BCUT2D eigenvalue weighted by Gasteiger charge is -2.12. The van der Waals surface area contributed by atoms with E-state index < -0.39 is 0 Å². The first-order valence-electron chi connectivity index (χ1n) is 7.96. The summed E-state index contributed by atoms with van der Waals surface area (Å²) in [4.78, 5) is 11.6. The van der Waals surface area contributed by atoms with Gasteiger partial charge in [0.25, 0.3) is 0 Å². The van der Waals surface area contributed by atoms with Crippen LogP contribution in [0, 0.1) is 0 Å². The maximum atomic E-state index is 11.6. The zero-order valence-electron chi connectivity index (χ0n) is 13.7. The average Bonchev–Trinajstić information content (AvgIpc) is 2.59. The number of ether oxygens (including phenoxy) is 2. The molecule has 0 aliphatic heterocycles. The Morgan fingerprint density at radius 1 is 1.04 bits per heavy atom. The van der Waals surface area contributed by atoms with Crippen molar-refractivity contribution in [1.29, 1.82) is 0 Å². The van der Waals surface area contributed by atoms with E-state index in [9.17, 15) is 4.79 Å². The fourth-order valence-electron chi connectivity index (χ4n) is 2.14. The van der Waals surface area contributed by atoms with Gasteiger partial charge in [0, 0.05) is 17.8 Å². The Morgan fingerprint density at radius 3 is 2.48 bits per heavy atom. The van der Waals surface area contributed by atoms with Crippen LogP contribution in [0.4, 0.5) is 5.69 Å². The van der Waals surface area contributed by atoms with E-state index >= 15 is 0 Å². The predicted octanol–water partition coefficient (Wildman–Crippen LogP) is 4.26. The first-order valence-corrected chi connectivity index (χ1v) is 7.96. The van der Waals surface area contributed by atoms with Gasteiger partial charge in [-0.1, -0.05) is 25.1 Å². The molecule has 4 nitrogen and oxygen atoms in total. The summed E-state index contributed by atoms with van der Waals surface area (Å²) in [5.41, 5.74) is 2.61. The predicted molar refractivity (Wildman–Crippen MR) is 92.0 cm³/mol. The van der Waals surface area contributed by atoms with E-state index in [-0.39, 0.29) is 5.97 Å². The number of hydrogen-bond donors (Lipinski definition) is 1. The maximum Gasteiger partial charge on any atom is 0.338 e. The maximum absolute atomic E-state index is 11.6. The largest absolute Gasteiger partial charge is 0.493 e. The van der Waals surface area contributed by atoms with Crippen molar-refractivity contribution < 1.29 is 14.3 Å². The number of benzene rings is 2. The number of carbonyl (C=O) groups excluding carboxylic acids is 1. The average molecular weight is 313 g/mol. The van der Waals surface area contributed by atoms with Crippen molar-refractivity contribution in [3.05, 3.63) is 59.7 Å². The molecule has 0 fully saturated rings. The van der Waals surface area contributed by atoms with Gasteiger partial charge < -0.3 is 14.8 Å². The van der Waals surface area contributed by atoms with Gasteiger partial charge in [0.1, 0.15) is 5.75 Å². The zero-order chi connectivity index (χ0) is 16.5. The van der Waals surface area contributed by atoms with Gasteiger partial charge in [0.05, 0.1) is 18.8 Å². The van der Waals surface area contributed by atoms with Gasteiger partial charge in [0.15, 0.2) is 0 Å². The molecule has 0 radical (unpaired) electrons. The van der Waals surface area contributed by atoms with Gasteiger partial charge in [0.2, 0.25) is 0 Å². The molecule has 2 aromatic carbocycles. The number of para-hydroxylation sites is 1. The summed E-state index contributed by atoms with van der Waals surface area (Å²) in [5.74, 6) is 0.613. The molecule has 122 valence electrons. The van der Waals surface area contributed by atoms with Crippen LogP contribution in [-0.4, -0.2) is 19.2 Å². The number of nitrogens with one attached hydrogen (secondary N) is 1. The van der Waals surface area contributed by atoms with Crippen molar-refractivity contribution >= 4 is 11.7 Å². The van der Waals surface area contributed by atoms with Crippen LogP contribution in [0.1, 0.15) is 36.2 Å². The number of rotatable bonds is 8. The lowest BCUT2D eigenvalue weighted by Crippen LogP contribution is -2.06. The molecule has 0 aliphatic rings. The van der Waals surface area contributed by atoms with Gasteiger partial charge >= 0.3 is 5.97 Å². The first kappa shape index (κ1) is 16.9. The van der Waals surface area contributed by atoms with E-state index in [2.05, 4.69) is 12.2 Å².